The van der Waals surface area contributed by atoms with Gasteiger partial charge in [0.05, 0.1) is 24.3 Å². The second-order valence-corrected chi connectivity index (χ2v) is 10.6. The number of carboxylic acid groups (broad SMARTS) is 1. The average Bonchev–Trinajstić information content (AvgIpc) is 3.31. The van der Waals surface area contributed by atoms with Crippen LogP contribution in [-0.2, 0) is 11.2 Å². The summed E-state index contributed by atoms with van der Waals surface area (Å²) in [5.74, 6) is -3.18. The second kappa shape index (κ2) is 13.7. The van der Waals surface area contributed by atoms with E-state index in [2.05, 4.69) is 0 Å². The van der Waals surface area contributed by atoms with Gasteiger partial charge in [0, 0.05) is 22.9 Å². The Hall–Kier alpha value is -4.41. The first-order chi connectivity index (χ1) is 20.5. The third-order valence-electron chi connectivity index (χ3n) is 7.12. The Morgan fingerprint density at radius 3 is 1.86 bits per heavy atom. The first kappa shape index (κ1) is 31.5. The van der Waals surface area contributed by atoms with Gasteiger partial charge in [0.1, 0.15) is 17.3 Å². The normalized spacial score (nSPS) is 12.7. The maximum Gasteiger partial charge on any atom is 0.305 e. The molecule has 1 aromatic heterocycles. The Labute approximate surface area is 247 Å². The molecule has 1 heterocycles. The van der Waals surface area contributed by atoms with Crippen LogP contribution in [0.3, 0.4) is 0 Å². The quantitative estimate of drug-likeness (QED) is 0.158. The molecule has 0 aliphatic rings. The number of aliphatic hydroxyl groups is 2. The van der Waals surface area contributed by atoms with Gasteiger partial charge in [-0.3, -0.25) is 9.59 Å². The third-order valence-corrected chi connectivity index (χ3v) is 7.12. The number of halogens is 3. The zero-order chi connectivity index (χ0) is 31.3. The van der Waals surface area contributed by atoms with Gasteiger partial charge in [-0.2, -0.15) is 0 Å². The number of benzene rings is 3. The van der Waals surface area contributed by atoms with E-state index in [1.54, 1.807) is 36.6 Å². The molecule has 0 unspecified atom stereocenters. The van der Waals surface area contributed by atoms with Crippen LogP contribution in [0.15, 0.2) is 78.9 Å². The molecule has 7 nitrogen and oxygen atoms in total. The molecule has 0 saturated heterocycles. The molecule has 10 heteroatoms. The van der Waals surface area contributed by atoms with Crippen molar-refractivity contribution in [2.24, 2.45) is 0 Å². The van der Waals surface area contributed by atoms with E-state index in [9.17, 15) is 28.6 Å². The fourth-order valence-electron chi connectivity index (χ4n) is 5.28. The summed E-state index contributed by atoms with van der Waals surface area (Å²) in [5.41, 5.74) is 2.21. The number of amides is 1. The largest absolute Gasteiger partial charge is 0.481 e. The molecule has 4 rings (SSSR count). The van der Waals surface area contributed by atoms with Gasteiger partial charge >= 0.3 is 11.9 Å². The monoisotopic (exact) mass is 594 g/mol. The number of para-hydroxylation sites is 1. The molecule has 0 spiro atoms. The van der Waals surface area contributed by atoms with E-state index in [0.717, 1.165) is 0 Å². The molecule has 0 aliphatic heterocycles. The highest BCUT2D eigenvalue weighted by Gasteiger charge is 2.33. The van der Waals surface area contributed by atoms with Crippen LogP contribution in [0.2, 0.25) is 0 Å². The van der Waals surface area contributed by atoms with Gasteiger partial charge < -0.3 is 19.9 Å². The molecule has 4 aromatic rings. The molecule has 3 aromatic carbocycles. The number of anilines is 1. The van der Waals surface area contributed by atoms with E-state index in [0.29, 0.717) is 27.9 Å². The summed E-state index contributed by atoms with van der Waals surface area (Å²) in [5, 5.41) is 29.7. The zero-order valence-corrected chi connectivity index (χ0v) is 23.8. The average molecular weight is 595 g/mol. The van der Waals surface area contributed by atoms with Crippen molar-refractivity contribution in [1.29, 1.82) is 0 Å². The van der Waals surface area contributed by atoms with Crippen LogP contribution in [0.1, 0.15) is 55.3 Å². The minimum atomic E-state index is -1.26. The Morgan fingerprint density at radius 2 is 1.35 bits per heavy atom. The number of hydrogen-bond donors (Lipinski definition) is 3. The lowest BCUT2D eigenvalue weighted by Gasteiger charge is -2.21. The molecule has 226 valence electrons. The van der Waals surface area contributed by atoms with Gasteiger partial charge in [0.15, 0.2) is 0 Å². The van der Waals surface area contributed by atoms with Crippen molar-refractivity contribution >= 4 is 17.6 Å². The maximum atomic E-state index is 15.8. The highest BCUT2D eigenvalue weighted by molar-refractivity contribution is 6.11. The van der Waals surface area contributed by atoms with Crippen LogP contribution in [0.4, 0.5) is 18.9 Å². The lowest BCUT2D eigenvalue weighted by molar-refractivity contribution is -0.139. The summed E-state index contributed by atoms with van der Waals surface area (Å²) in [4.78, 5) is 25.0. The lowest BCUT2D eigenvalue weighted by Crippen LogP contribution is -2.27. The van der Waals surface area contributed by atoms with Crippen LogP contribution in [0, 0.1) is 11.6 Å². The standard InChI is InChI=1S/C33H33F3N2O5/c1-20(2)37-28(17-16-26(39)18-27(40)19-29(41)42)30(21-8-12-23(34)13-9-21)31(22-10-14-24(35)15-11-22)32(37)33(43)38(36)25-6-4-3-5-7-25/h3-15,20,26-27,39-40H,16-19H2,1-2H3,(H,41,42)/t26-,27-/m1/s1. The van der Waals surface area contributed by atoms with Crippen molar-refractivity contribution < 1.29 is 38.2 Å². The number of aromatic nitrogens is 1. The molecule has 0 radical (unpaired) electrons. The molecule has 2 atom stereocenters. The first-order valence-corrected chi connectivity index (χ1v) is 13.9. The molecule has 3 N–H and O–H groups in total. The topological polar surface area (TPSA) is 103 Å². The molecule has 1 amide bonds. The smallest absolute Gasteiger partial charge is 0.305 e. The van der Waals surface area contributed by atoms with Crippen LogP contribution in [-0.4, -0.2) is 44.0 Å². The number of hydrogen-bond acceptors (Lipinski definition) is 4. The van der Waals surface area contributed by atoms with E-state index in [1.807, 2.05) is 0 Å². The Morgan fingerprint density at radius 1 is 0.814 bits per heavy atom. The van der Waals surface area contributed by atoms with E-state index in [1.165, 1.54) is 60.7 Å². The number of aliphatic hydroxyl groups excluding tert-OH is 2. The predicted octanol–water partition coefficient (Wildman–Crippen LogP) is 6.73. The van der Waals surface area contributed by atoms with Gasteiger partial charge in [-0.25, -0.2) is 8.78 Å². The molecular weight excluding hydrogens is 561 g/mol. The summed E-state index contributed by atoms with van der Waals surface area (Å²) >= 11 is 0. The number of carboxylic acids is 1. The zero-order valence-electron chi connectivity index (χ0n) is 23.8. The van der Waals surface area contributed by atoms with E-state index >= 15 is 4.48 Å². The van der Waals surface area contributed by atoms with Crippen molar-refractivity contribution in [2.75, 3.05) is 5.12 Å². The van der Waals surface area contributed by atoms with Crippen molar-refractivity contribution in [2.45, 2.75) is 57.8 Å². The van der Waals surface area contributed by atoms with Crippen LogP contribution in [0.5, 0.6) is 0 Å². The molecule has 0 aliphatic carbocycles. The summed E-state index contributed by atoms with van der Waals surface area (Å²) in [6.45, 7) is 3.61. The molecule has 0 saturated carbocycles. The van der Waals surface area contributed by atoms with E-state index < -0.39 is 48.2 Å². The van der Waals surface area contributed by atoms with Crippen LogP contribution in [0.25, 0.3) is 22.3 Å². The Bertz CT molecular complexity index is 1550. The van der Waals surface area contributed by atoms with Gasteiger partial charge in [-0.15, -0.1) is 5.12 Å². The summed E-state index contributed by atoms with van der Waals surface area (Å²) in [6.07, 6.45) is -2.88. The van der Waals surface area contributed by atoms with E-state index in [4.69, 9.17) is 5.11 Å². The number of carbonyl (C=O) groups excluding carboxylic acids is 1. The molecule has 43 heavy (non-hydrogen) atoms. The molecular formula is C33H33F3N2O5. The SMILES string of the molecule is CC(C)n1c(CC[C@@H](O)C[C@@H](O)CC(=O)O)c(-c2ccc(F)cc2)c(-c2ccc(F)cc2)c1C(=O)N(F)c1ccccc1. The minimum Gasteiger partial charge on any atom is -0.481 e. The van der Waals surface area contributed by atoms with E-state index in [-0.39, 0.29) is 35.8 Å². The molecule has 0 bridgehead atoms. The van der Waals surface area contributed by atoms with Crippen LogP contribution >= 0.6 is 0 Å². The van der Waals surface area contributed by atoms with Gasteiger partial charge in [-0.1, -0.05) is 46.9 Å². The summed E-state index contributed by atoms with van der Waals surface area (Å²) < 4.78 is 45.5. The Balaban J connectivity index is 1.95. The highest BCUT2D eigenvalue weighted by atomic mass is 19.2. The van der Waals surface area contributed by atoms with Crippen molar-refractivity contribution in [1.82, 2.24) is 4.57 Å². The number of aliphatic carboxylic acids is 1. The second-order valence-electron chi connectivity index (χ2n) is 10.6. The summed E-state index contributed by atoms with van der Waals surface area (Å²) in [6, 6.07) is 18.3. The number of carbonyl (C=O) groups is 2. The number of nitrogens with zero attached hydrogens (tertiary/aromatic N) is 2. The number of rotatable bonds is 12. The minimum absolute atomic E-state index is 0.00165. The first-order valence-electron chi connectivity index (χ1n) is 13.9. The van der Waals surface area contributed by atoms with Gasteiger partial charge in [0.25, 0.3) is 0 Å². The van der Waals surface area contributed by atoms with Gasteiger partial charge in [0.2, 0.25) is 0 Å². The van der Waals surface area contributed by atoms with Gasteiger partial charge in [-0.05, 0) is 80.6 Å². The van der Waals surface area contributed by atoms with Crippen molar-refractivity contribution in [3.63, 3.8) is 0 Å². The Kier molecular flexibility index (Phi) is 10.1. The van der Waals surface area contributed by atoms with Crippen molar-refractivity contribution in [3.8, 4) is 22.3 Å². The highest BCUT2D eigenvalue weighted by Crippen LogP contribution is 2.43. The predicted molar refractivity (Wildman–Crippen MR) is 157 cm³/mol. The maximum absolute atomic E-state index is 15.8. The summed E-state index contributed by atoms with van der Waals surface area (Å²) in [7, 11) is 0. The molecule has 0 fully saturated rings. The fourth-order valence-corrected chi connectivity index (χ4v) is 5.28. The third kappa shape index (κ3) is 7.33. The lowest BCUT2D eigenvalue weighted by atomic mass is 9.92. The fraction of sp³-hybridized carbons (Fsp3) is 0.273. The van der Waals surface area contributed by atoms with Crippen LogP contribution < -0.4 is 5.12 Å². The van der Waals surface area contributed by atoms with Crippen molar-refractivity contribution in [3.05, 3.63) is 102 Å².